The molecule has 0 fully saturated rings. The quantitative estimate of drug-likeness (QED) is 0.294. The molecule has 3 amide bonds. The molecule has 10 heteroatoms. The lowest BCUT2D eigenvalue weighted by atomic mass is 10.2. The zero-order chi connectivity index (χ0) is 27.4. The van der Waals surface area contributed by atoms with E-state index in [2.05, 4.69) is 20.6 Å². The van der Waals surface area contributed by atoms with Crippen LogP contribution in [0.15, 0.2) is 85.2 Å². The van der Waals surface area contributed by atoms with Crippen LogP contribution in [-0.4, -0.2) is 46.4 Å². The summed E-state index contributed by atoms with van der Waals surface area (Å²) < 4.78 is 1.81. The molecule has 0 spiro atoms. The van der Waals surface area contributed by atoms with Crippen molar-refractivity contribution < 1.29 is 14.4 Å². The number of anilines is 2. The molecule has 0 unspecified atom stereocenters. The van der Waals surface area contributed by atoms with E-state index in [4.69, 9.17) is 0 Å². The van der Waals surface area contributed by atoms with Crippen molar-refractivity contribution in [3.8, 4) is 10.4 Å². The standard InChI is InChI=1S/C29H26N6O3S/c1-30-26(36)14-17-35-23-9-8-21(34(2)28(38)20-6-4-3-5-7-20)18-22(23)32-29(35)33-27(37)25-11-10-24(39-25)19-12-15-31-16-13-19/h3-13,15-16,18H,14,17H2,1-2H3,(H,30,36)(H,32,33,37). The Hall–Kier alpha value is -4.83. The van der Waals surface area contributed by atoms with Gasteiger partial charge in [-0.2, -0.15) is 0 Å². The van der Waals surface area contributed by atoms with E-state index in [1.54, 1.807) is 55.7 Å². The van der Waals surface area contributed by atoms with Gasteiger partial charge in [0.2, 0.25) is 11.9 Å². The fourth-order valence-corrected chi connectivity index (χ4v) is 5.08. The van der Waals surface area contributed by atoms with Gasteiger partial charge in [-0.3, -0.25) is 24.7 Å². The summed E-state index contributed by atoms with van der Waals surface area (Å²) in [6.07, 6.45) is 3.63. The summed E-state index contributed by atoms with van der Waals surface area (Å²) in [5, 5.41) is 5.54. The molecule has 5 aromatic rings. The minimum Gasteiger partial charge on any atom is -0.359 e. The van der Waals surface area contributed by atoms with Crippen LogP contribution in [0.1, 0.15) is 26.5 Å². The first kappa shape index (κ1) is 25.8. The van der Waals surface area contributed by atoms with Crippen LogP contribution in [0.3, 0.4) is 0 Å². The van der Waals surface area contributed by atoms with Crippen LogP contribution in [-0.2, 0) is 11.3 Å². The van der Waals surface area contributed by atoms with E-state index in [1.165, 1.54) is 11.3 Å². The first-order valence-electron chi connectivity index (χ1n) is 12.3. The Labute approximate surface area is 229 Å². The number of thiophene rings is 1. The second kappa shape index (κ2) is 11.3. The van der Waals surface area contributed by atoms with Crippen LogP contribution < -0.4 is 15.5 Å². The highest BCUT2D eigenvalue weighted by atomic mass is 32.1. The van der Waals surface area contributed by atoms with Crippen LogP contribution in [0, 0.1) is 0 Å². The van der Waals surface area contributed by atoms with Crippen molar-refractivity contribution in [2.24, 2.45) is 0 Å². The Kier molecular flexibility index (Phi) is 7.46. The number of imidazole rings is 1. The Balaban J connectivity index is 1.44. The summed E-state index contributed by atoms with van der Waals surface area (Å²) in [5.41, 5.74) is 3.54. The number of pyridine rings is 1. The molecule has 196 valence electrons. The zero-order valence-electron chi connectivity index (χ0n) is 21.4. The van der Waals surface area contributed by atoms with Gasteiger partial charge in [0.05, 0.1) is 15.9 Å². The third-order valence-corrected chi connectivity index (χ3v) is 7.44. The second-order valence-electron chi connectivity index (χ2n) is 8.77. The van der Waals surface area contributed by atoms with Gasteiger partial charge in [0.25, 0.3) is 11.8 Å². The van der Waals surface area contributed by atoms with Gasteiger partial charge in [0.15, 0.2) is 0 Å². The van der Waals surface area contributed by atoms with Crippen LogP contribution >= 0.6 is 11.3 Å². The molecule has 3 aromatic heterocycles. The number of amides is 3. The number of carbonyl (C=O) groups excluding carboxylic acids is 3. The molecule has 0 atom stereocenters. The Morgan fingerprint density at radius 3 is 2.49 bits per heavy atom. The Bertz CT molecular complexity index is 1650. The van der Waals surface area contributed by atoms with Crippen molar-refractivity contribution in [1.29, 1.82) is 0 Å². The fraction of sp³-hybridized carbons (Fsp3) is 0.138. The highest BCUT2D eigenvalue weighted by Gasteiger charge is 2.19. The third kappa shape index (κ3) is 5.55. The summed E-state index contributed by atoms with van der Waals surface area (Å²) in [5.74, 6) is -0.246. The summed E-state index contributed by atoms with van der Waals surface area (Å²) in [4.78, 5) is 49.9. The molecule has 0 radical (unpaired) electrons. The maximum Gasteiger partial charge on any atom is 0.268 e. The van der Waals surface area contributed by atoms with E-state index < -0.39 is 0 Å². The maximum atomic E-state index is 13.2. The molecule has 2 N–H and O–H groups in total. The molecule has 0 saturated heterocycles. The van der Waals surface area contributed by atoms with E-state index >= 15 is 0 Å². The van der Waals surface area contributed by atoms with Crippen LogP contribution in [0.2, 0.25) is 0 Å². The summed E-state index contributed by atoms with van der Waals surface area (Å²) in [6, 6.07) is 22.0. The van der Waals surface area contributed by atoms with Crippen LogP contribution in [0.25, 0.3) is 21.5 Å². The van der Waals surface area contributed by atoms with Gasteiger partial charge in [-0.25, -0.2) is 4.98 Å². The highest BCUT2D eigenvalue weighted by molar-refractivity contribution is 7.17. The number of aryl methyl sites for hydroxylation is 1. The first-order chi connectivity index (χ1) is 18.9. The van der Waals surface area contributed by atoms with Gasteiger partial charge in [-0.1, -0.05) is 18.2 Å². The normalized spacial score (nSPS) is 10.8. The summed E-state index contributed by atoms with van der Waals surface area (Å²) in [7, 11) is 3.29. The van der Waals surface area contributed by atoms with Crippen molar-refractivity contribution in [3.05, 3.63) is 95.6 Å². The number of aromatic nitrogens is 3. The molecule has 0 bridgehead atoms. The van der Waals surface area contributed by atoms with Crippen molar-refractivity contribution >= 4 is 51.7 Å². The van der Waals surface area contributed by atoms with Crippen LogP contribution in [0.5, 0.6) is 0 Å². The number of fused-ring (bicyclic) bond motifs is 1. The molecule has 5 rings (SSSR count). The number of hydrogen-bond acceptors (Lipinski definition) is 6. The van der Waals surface area contributed by atoms with Gasteiger partial charge in [-0.15, -0.1) is 11.3 Å². The minimum absolute atomic E-state index is 0.126. The molecule has 39 heavy (non-hydrogen) atoms. The number of carbonyl (C=O) groups is 3. The van der Waals surface area contributed by atoms with Gasteiger partial charge >= 0.3 is 0 Å². The highest BCUT2D eigenvalue weighted by Crippen LogP contribution is 2.29. The lowest BCUT2D eigenvalue weighted by Crippen LogP contribution is -2.26. The van der Waals surface area contributed by atoms with Gasteiger partial charge < -0.3 is 14.8 Å². The summed E-state index contributed by atoms with van der Waals surface area (Å²) in [6.45, 7) is 0.316. The van der Waals surface area contributed by atoms with Crippen LogP contribution in [0.4, 0.5) is 11.6 Å². The average Bonchev–Trinajstić information content (AvgIpc) is 3.61. The molecule has 0 aliphatic heterocycles. The van der Waals surface area contributed by atoms with Gasteiger partial charge in [0, 0.05) is 55.6 Å². The van der Waals surface area contributed by atoms with Crippen molar-refractivity contribution in [3.63, 3.8) is 0 Å². The Morgan fingerprint density at radius 2 is 1.74 bits per heavy atom. The number of rotatable bonds is 8. The first-order valence-corrected chi connectivity index (χ1v) is 13.1. The van der Waals surface area contributed by atoms with Gasteiger partial charge in [-0.05, 0) is 60.2 Å². The molecule has 2 aromatic carbocycles. The molecule has 9 nitrogen and oxygen atoms in total. The molecule has 0 aliphatic rings. The maximum absolute atomic E-state index is 13.2. The zero-order valence-corrected chi connectivity index (χ0v) is 22.2. The molecule has 0 aliphatic carbocycles. The lowest BCUT2D eigenvalue weighted by molar-refractivity contribution is -0.120. The third-order valence-electron chi connectivity index (χ3n) is 6.31. The second-order valence-corrected chi connectivity index (χ2v) is 9.85. The largest absolute Gasteiger partial charge is 0.359 e. The Morgan fingerprint density at radius 1 is 0.974 bits per heavy atom. The molecular weight excluding hydrogens is 512 g/mol. The summed E-state index contributed by atoms with van der Waals surface area (Å²) >= 11 is 1.37. The van der Waals surface area contributed by atoms with E-state index in [-0.39, 0.29) is 24.1 Å². The topological polar surface area (TPSA) is 109 Å². The molecule has 0 saturated carbocycles. The number of nitrogens with zero attached hydrogens (tertiary/aromatic N) is 4. The van der Waals surface area contributed by atoms with E-state index in [0.717, 1.165) is 16.0 Å². The molecular formula is C29H26N6O3S. The van der Waals surface area contributed by atoms with E-state index in [9.17, 15) is 14.4 Å². The van der Waals surface area contributed by atoms with E-state index in [0.29, 0.717) is 34.1 Å². The SMILES string of the molecule is CNC(=O)CCn1c(NC(=O)c2ccc(-c3ccncc3)s2)nc2cc(N(C)C(=O)c3ccccc3)ccc21. The number of hydrogen-bond donors (Lipinski definition) is 2. The van der Waals surface area contributed by atoms with Gasteiger partial charge in [0.1, 0.15) is 0 Å². The smallest absolute Gasteiger partial charge is 0.268 e. The lowest BCUT2D eigenvalue weighted by Gasteiger charge is -2.17. The number of benzene rings is 2. The fourth-order valence-electron chi connectivity index (χ4n) is 4.17. The average molecular weight is 539 g/mol. The monoisotopic (exact) mass is 538 g/mol. The number of nitrogens with one attached hydrogen (secondary N) is 2. The van der Waals surface area contributed by atoms with Crippen molar-refractivity contribution in [1.82, 2.24) is 19.9 Å². The predicted molar refractivity (Wildman–Crippen MR) is 153 cm³/mol. The minimum atomic E-state index is -0.298. The molecule has 3 heterocycles. The van der Waals surface area contributed by atoms with E-state index in [1.807, 2.05) is 53.1 Å². The van der Waals surface area contributed by atoms with Crippen molar-refractivity contribution in [2.45, 2.75) is 13.0 Å². The van der Waals surface area contributed by atoms with Crippen molar-refractivity contribution in [2.75, 3.05) is 24.3 Å². The predicted octanol–water partition coefficient (Wildman–Crippen LogP) is 4.82.